The molecule has 6 heteroatoms. The van der Waals surface area contributed by atoms with E-state index in [4.69, 9.17) is 5.73 Å². The number of nitrogens with two attached hydrogens (primary N) is 1. The first-order valence-corrected chi connectivity index (χ1v) is 6.17. The van der Waals surface area contributed by atoms with Crippen molar-refractivity contribution in [2.75, 3.05) is 5.32 Å². The lowest BCUT2D eigenvalue weighted by Gasteiger charge is -2.16. The van der Waals surface area contributed by atoms with Crippen molar-refractivity contribution in [1.29, 1.82) is 0 Å². The zero-order valence-corrected chi connectivity index (χ0v) is 10.9. The summed E-state index contributed by atoms with van der Waals surface area (Å²) in [7, 11) is 0. The van der Waals surface area contributed by atoms with Crippen LogP contribution in [-0.4, -0.2) is 5.91 Å². The average molecular weight is 294 g/mol. The van der Waals surface area contributed by atoms with E-state index in [1.54, 1.807) is 30.3 Å². The van der Waals surface area contributed by atoms with Crippen molar-refractivity contribution in [3.8, 4) is 0 Å². The number of hydrogen-bond donors (Lipinski definition) is 2. The molecule has 2 rings (SSSR count). The Bertz CT molecular complexity index is 626. The van der Waals surface area contributed by atoms with Crippen molar-refractivity contribution < 1.29 is 18.0 Å². The number of benzene rings is 2. The van der Waals surface area contributed by atoms with Gasteiger partial charge in [-0.15, -0.1) is 0 Å². The SMILES string of the molecule is NC(C(=O)Nc1ccccc1C(F)(F)F)c1ccccc1. The molecule has 0 bridgehead atoms. The number of carbonyl (C=O) groups is 1. The first kappa shape index (κ1) is 15.1. The molecule has 21 heavy (non-hydrogen) atoms. The second-order valence-corrected chi connectivity index (χ2v) is 4.42. The second kappa shape index (κ2) is 5.97. The summed E-state index contributed by atoms with van der Waals surface area (Å²) in [5.41, 5.74) is 5.07. The van der Waals surface area contributed by atoms with Crippen LogP contribution in [0.5, 0.6) is 0 Å². The molecule has 0 saturated heterocycles. The second-order valence-electron chi connectivity index (χ2n) is 4.42. The van der Waals surface area contributed by atoms with E-state index in [1.165, 1.54) is 18.2 Å². The molecule has 1 amide bonds. The Kier molecular flexibility index (Phi) is 4.28. The molecular weight excluding hydrogens is 281 g/mol. The molecule has 3 N–H and O–H groups in total. The molecule has 0 aliphatic carbocycles. The average Bonchev–Trinajstić information content (AvgIpc) is 2.47. The maximum atomic E-state index is 12.8. The Morgan fingerprint density at radius 2 is 1.57 bits per heavy atom. The van der Waals surface area contributed by atoms with Crippen LogP contribution in [0.1, 0.15) is 17.2 Å². The quantitative estimate of drug-likeness (QED) is 0.912. The van der Waals surface area contributed by atoms with Gasteiger partial charge in [-0.2, -0.15) is 13.2 Å². The Balaban J connectivity index is 2.21. The van der Waals surface area contributed by atoms with Crippen molar-refractivity contribution in [2.24, 2.45) is 5.73 Å². The number of amides is 1. The lowest BCUT2D eigenvalue weighted by atomic mass is 10.1. The zero-order chi connectivity index (χ0) is 15.5. The molecule has 0 fully saturated rings. The highest BCUT2D eigenvalue weighted by Gasteiger charge is 2.33. The van der Waals surface area contributed by atoms with Crippen molar-refractivity contribution in [2.45, 2.75) is 12.2 Å². The van der Waals surface area contributed by atoms with Gasteiger partial charge in [-0.1, -0.05) is 42.5 Å². The third-order valence-corrected chi connectivity index (χ3v) is 2.93. The van der Waals surface area contributed by atoms with E-state index >= 15 is 0 Å². The molecule has 1 atom stereocenters. The molecule has 0 heterocycles. The van der Waals surface area contributed by atoms with Crippen LogP contribution in [0.4, 0.5) is 18.9 Å². The summed E-state index contributed by atoms with van der Waals surface area (Å²) in [6.07, 6.45) is -4.54. The monoisotopic (exact) mass is 294 g/mol. The van der Waals surface area contributed by atoms with E-state index in [-0.39, 0.29) is 5.69 Å². The molecule has 0 aromatic heterocycles. The molecule has 0 aliphatic rings. The molecule has 1 unspecified atom stereocenters. The van der Waals surface area contributed by atoms with Gasteiger partial charge in [0.05, 0.1) is 11.3 Å². The van der Waals surface area contributed by atoms with E-state index in [9.17, 15) is 18.0 Å². The standard InChI is InChI=1S/C15H13F3N2O/c16-15(17,18)11-8-4-5-9-12(11)20-14(21)13(19)10-6-2-1-3-7-10/h1-9,13H,19H2,(H,20,21). The number of nitrogens with one attached hydrogen (secondary N) is 1. The summed E-state index contributed by atoms with van der Waals surface area (Å²) in [6.45, 7) is 0. The molecule has 0 saturated carbocycles. The van der Waals surface area contributed by atoms with Gasteiger partial charge >= 0.3 is 6.18 Å². The Labute approximate surface area is 119 Å². The minimum Gasteiger partial charge on any atom is -0.324 e. The van der Waals surface area contributed by atoms with Crippen LogP contribution in [0.3, 0.4) is 0 Å². The number of carbonyl (C=O) groups excluding carboxylic acids is 1. The van der Waals surface area contributed by atoms with Gasteiger partial charge in [0.1, 0.15) is 6.04 Å². The van der Waals surface area contributed by atoms with Crippen LogP contribution >= 0.6 is 0 Å². The summed E-state index contributed by atoms with van der Waals surface area (Å²) in [5, 5.41) is 2.23. The molecule has 2 aromatic carbocycles. The first-order chi connectivity index (χ1) is 9.89. The van der Waals surface area contributed by atoms with Crippen LogP contribution in [0, 0.1) is 0 Å². The minimum absolute atomic E-state index is 0.304. The smallest absolute Gasteiger partial charge is 0.324 e. The number of para-hydroxylation sites is 1. The Hall–Kier alpha value is -2.34. The normalized spacial score (nSPS) is 12.8. The number of anilines is 1. The van der Waals surface area contributed by atoms with Gasteiger partial charge in [0, 0.05) is 0 Å². The van der Waals surface area contributed by atoms with Crippen molar-refractivity contribution in [1.82, 2.24) is 0 Å². The van der Waals surface area contributed by atoms with Gasteiger partial charge in [-0.25, -0.2) is 0 Å². The van der Waals surface area contributed by atoms with Crippen LogP contribution in [0.25, 0.3) is 0 Å². The maximum absolute atomic E-state index is 12.8. The number of hydrogen-bond acceptors (Lipinski definition) is 2. The molecule has 110 valence electrons. The van der Waals surface area contributed by atoms with Gasteiger partial charge in [0.2, 0.25) is 5.91 Å². The third kappa shape index (κ3) is 3.61. The number of alkyl halides is 3. The fourth-order valence-corrected chi connectivity index (χ4v) is 1.86. The van der Waals surface area contributed by atoms with E-state index in [0.29, 0.717) is 5.56 Å². The molecule has 0 aliphatic heterocycles. The minimum atomic E-state index is -4.54. The molecule has 0 radical (unpaired) electrons. The van der Waals surface area contributed by atoms with E-state index in [2.05, 4.69) is 5.32 Å². The van der Waals surface area contributed by atoms with Gasteiger partial charge in [0.25, 0.3) is 0 Å². The molecular formula is C15H13F3N2O. The third-order valence-electron chi connectivity index (χ3n) is 2.93. The summed E-state index contributed by atoms with van der Waals surface area (Å²) in [4.78, 5) is 12.0. The summed E-state index contributed by atoms with van der Waals surface area (Å²) >= 11 is 0. The highest BCUT2D eigenvalue weighted by molar-refractivity contribution is 5.96. The fraction of sp³-hybridized carbons (Fsp3) is 0.133. The van der Waals surface area contributed by atoms with Crippen molar-refractivity contribution >= 4 is 11.6 Å². The Morgan fingerprint density at radius 3 is 2.19 bits per heavy atom. The maximum Gasteiger partial charge on any atom is 0.418 e. The fourth-order valence-electron chi connectivity index (χ4n) is 1.86. The lowest BCUT2D eigenvalue weighted by molar-refractivity contribution is -0.137. The van der Waals surface area contributed by atoms with Crippen LogP contribution < -0.4 is 11.1 Å². The van der Waals surface area contributed by atoms with Crippen LogP contribution in [0.15, 0.2) is 54.6 Å². The highest BCUT2D eigenvalue weighted by Crippen LogP contribution is 2.34. The highest BCUT2D eigenvalue weighted by atomic mass is 19.4. The predicted octanol–water partition coefficient (Wildman–Crippen LogP) is 3.34. The Morgan fingerprint density at radius 1 is 1.00 bits per heavy atom. The van der Waals surface area contributed by atoms with E-state index in [1.807, 2.05) is 0 Å². The van der Waals surface area contributed by atoms with Crippen molar-refractivity contribution in [3.05, 3.63) is 65.7 Å². The van der Waals surface area contributed by atoms with Gasteiger partial charge < -0.3 is 11.1 Å². The number of halogens is 3. The van der Waals surface area contributed by atoms with Crippen molar-refractivity contribution in [3.63, 3.8) is 0 Å². The molecule has 2 aromatic rings. The van der Waals surface area contributed by atoms with E-state index in [0.717, 1.165) is 6.07 Å². The van der Waals surface area contributed by atoms with Gasteiger partial charge in [-0.05, 0) is 17.7 Å². The summed E-state index contributed by atoms with van der Waals surface area (Å²) in [5.74, 6) is -0.696. The molecule has 0 spiro atoms. The first-order valence-electron chi connectivity index (χ1n) is 6.17. The van der Waals surface area contributed by atoms with Crippen LogP contribution in [0.2, 0.25) is 0 Å². The predicted molar refractivity (Wildman–Crippen MR) is 73.4 cm³/mol. The lowest BCUT2D eigenvalue weighted by Crippen LogP contribution is -2.28. The topological polar surface area (TPSA) is 55.1 Å². The van der Waals surface area contributed by atoms with E-state index < -0.39 is 23.7 Å². The zero-order valence-electron chi connectivity index (χ0n) is 10.9. The molecule has 3 nitrogen and oxygen atoms in total. The van der Waals surface area contributed by atoms with Gasteiger partial charge in [0.15, 0.2) is 0 Å². The van der Waals surface area contributed by atoms with Gasteiger partial charge in [-0.3, -0.25) is 4.79 Å². The number of rotatable bonds is 3. The van der Waals surface area contributed by atoms with Crippen LogP contribution in [-0.2, 0) is 11.0 Å². The summed E-state index contributed by atoms with van der Waals surface area (Å²) < 4.78 is 38.5. The summed E-state index contributed by atoms with van der Waals surface area (Å²) in [6, 6.07) is 12.2. The largest absolute Gasteiger partial charge is 0.418 e.